The highest BCUT2D eigenvalue weighted by Gasteiger charge is 2.31. The number of aliphatic imine (C=N–C) groups is 1. The first kappa shape index (κ1) is 21.6. The highest BCUT2D eigenvalue weighted by molar-refractivity contribution is 14.0. The van der Waals surface area contributed by atoms with Crippen LogP contribution in [0.5, 0.6) is 0 Å². The number of para-hydroxylation sites is 1. The van der Waals surface area contributed by atoms with E-state index < -0.39 is 0 Å². The normalized spacial score (nSPS) is 16.3. The second-order valence-electron chi connectivity index (χ2n) is 6.10. The smallest absolute Gasteiger partial charge is 0.243 e. The molecule has 1 fully saturated rings. The van der Waals surface area contributed by atoms with Gasteiger partial charge in [-0.1, -0.05) is 18.2 Å². The van der Waals surface area contributed by atoms with Gasteiger partial charge >= 0.3 is 0 Å². The minimum absolute atomic E-state index is 0. The number of amides is 2. The number of rotatable bonds is 5. The van der Waals surface area contributed by atoms with Gasteiger partial charge in [-0.2, -0.15) is 0 Å². The number of carbonyl (C=O) groups is 2. The van der Waals surface area contributed by atoms with E-state index in [9.17, 15) is 9.59 Å². The summed E-state index contributed by atoms with van der Waals surface area (Å²) in [6, 6.07) is 13.0. The molecule has 1 unspecified atom stereocenters. The summed E-state index contributed by atoms with van der Waals surface area (Å²) < 4.78 is 0. The average Bonchev–Trinajstić information content (AvgIpc) is 3.06. The van der Waals surface area contributed by atoms with Gasteiger partial charge in [0.05, 0.1) is 24.5 Å². The van der Waals surface area contributed by atoms with Crippen LogP contribution in [0.3, 0.4) is 0 Å². The largest absolute Gasteiger partial charge is 0.351 e. The molecule has 9 heteroatoms. The molecule has 0 aliphatic carbocycles. The molecule has 0 spiro atoms. The Morgan fingerprint density at radius 1 is 1.25 bits per heavy atom. The average molecular weight is 494 g/mol. The number of hydrogen-bond donors (Lipinski definition) is 3. The molecule has 2 heterocycles. The van der Waals surface area contributed by atoms with E-state index in [1.807, 2.05) is 30.3 Å². The topological polar surface area (TPSA) is 98.7 Å². The Hall–Kier alpha value is -2.69. The summed E-state index contributed by atoms with van der Waals surface area (Å²) in [6.07, 6.45) is 3.59. The fourth-order valence-electron chi connectivity index (χ4n) is 2.86. The van der Waals surface area contributed by atoms with Crippen LogP contribution >= 0.6 is 24.0 Å². The molecule has 28 heavy (non-hydrogen) atoms. The molecule has 1 atom stereocenters. The number of hydrogen-bond acceptors (Lipinski definition) is 4. The van der Waals surface area contributed by atoms with E-state index in [0.717, 1.165) is 5.69 Å². The van der Waals surface area contributed by atoms with E-state index in [4.69, 9.17) is 0 Å². The van der Waals surface area contributed by atoms with Crippen LogP contribution in [-0.2, 0) is 9.59 Å². The summed E-state index contributed by atoms with van der Waals surface area (Å²) in [5, 5.41) is 8.90. The quantitative estimate of drug-likeness (QED) is 0.334. The van der Waals surface area contributed by atoms with Gasteiger partial charge in [-0.25, -0.2) is 0 Å². The Labute approximate surface area is 180 Å². The van der Waals surface area contributed by atoms with Gasteiger partial charge < -0.3 is 20.9 Å². The third-order valence-electron chi connectivity index (χ3n) is 4.12. The minimum atomic E-state index is -0.209. The first-order chi connectivity index (χ1) is 13.2. The summed E-state index contributed by atoms with van der Waals surface area (Å²) in [6.45, 7) is 0.600. The van der Waals surface area contributed by atoms with Gasteiger partial charge in [0.2, 0.25) is 11.8 Å². The Morgan fingerprint density at radius 2 is 2.04 bits per heavy atom. The van der Waals surface area contributed by atoms with Crippen LogP contribution in [0.15, 0.2) is 59.9 Å². The molecule has 1 aliphatic heterocycles. The SMILES string of the molecule is CN=C(NCC(=O)Nc1cccnc1)NC1CC(=O)N(c2ccccc2)C1.I. The fraction of sp³-hybridized carbons (Fsp3) is 0.263. The fourth-order valence-corrected chi connectivity index (χ4v) is 2.86. The van der Waals surface area contributed by atoms with Crippen molar-refractivity contribution in [3.63, 3.8) is 0 Å². The molecular weight excluding hydrogens is 471 g/mol. The number of aromatic nitrogens is 1. The number of anilines is 2. The lowest BCUT2D eigenvalue weighted by atomic mass is 10.2. The molecule has 3 N–H and O–H groups in total. The summed E-state index contributed by atoms with van der Waals surface area (Å²) >= 11 is 0. The third-order valence-corrected chi connectivity index (χ3v) is 4.12. The lowest BCUT2D eigenvalue weighted by Gasteiger charge is -2.19. The Morgan fingerprint density at radius 3 is 2.71 bits per heavy atom. The second kappa shape index (κ2) is 10.6. The number of nitrogens with zero attached hydrogens (tertiary/aromatic N) is 3. The van der Waals surface area contributed by atoms with Crippen LogP contribution in [0.4, 0.5) is 11.4 Å². The van der Waals surface area contributed by atoms with Gasteiger partial charge in [-0.05, 0) is 24.3 Å². The number of guanidine groups is 1. The first-order valence-corrected chi connectivity index (χ1v) is 8.68. The molecule has 2 amide bonds. The number of benzene rings is 1. The predicted octanol–water partition coefficient (Wildman–Crippen LogP) is 1.61. The summed E-state index contributed by atoms with van der Waals surface area (Å²) in [5.41, 5.74) is 1.51. The number of carbonyl (C=O) groups excluding carboxylic acids is 2. The van der Waals surface area contributed by atoms with Gasteiger partial charge in [-0.15, -0.1) is 24.0 Å². The highest BCUT2D eigenvalue weighted by Crippen LogP contribution is 2.20. The Balaban J connectivity index is 0.00000280. The van der Waals surface area contributed by atoms with Crippen molar-refractivity contribution >= 4 is 53.1 Å². The van der Waals surface area contributed by atoms with Crippen LogP contribution in [0.1, 0.15) is 6.42 Å². The van der Waals surface area contributed by atoms with Crippen molar-refractivity contribution < 1.29 is 9.59 Å². The zero-order chi connectivity index (χ0) is 19.1. The van der Waals surface area contributed by atoms with Gasteiger partial charge in [0.25, 0.3) is 0 Å². The van der Waals surface area contributed by atoms with E-state index in [0.29, 0.717) is 24.6 Å². The third kappa shape index (κ3) is 5.91. The number of pyridine rings is 1. The van der Waals surface area contributed by atoms with E-state index >= 15 is 0 Å². The number of nitrogens with one attached hydrogen (secondary N) is 3. The standard InChI is InChI=1S/C19H22N6O2.HI/c1-20-19(22-12-17(26)23-14-6-5-9-21-11-14)24-15-10-18(27)25(13-15)16-7-3-2-4-8-16;/h2-9,11,15H,10,12-13H2,1H3,(H,23,26)(H2,20,22,24);1H. The van der Waals surface area contributed by atoms with Crippen molar-refractivity contribution in [3.05, 3.63) is 54.9 Å². The van der Waals surface area contributed by atoms with Gasteiger partial charge in [0.1, 0.15) is 0 Å². The maximum atomic E-state index is 12.3. The van der Waals surface area contributed by atoms with E-state index in [2.05, 4.69) is 25.9 Å². The molecule has 0 radical (unpaired) electrons. The van der Waals surface area contributed by atoms with Crippen LogP contribution in [0.25, 0.3) is 0 Å². The van der Waals surface area contributed by atoms with Gasteiger partial charge in [-0.3, -0.25) is 19.6 Å². The lowest BCUT2D eigenvalue weighted by Crippen LogP contribution is -2.46. The summed E-state index contributed by atoms with van der Waals surface area (Å²) in [5.74, 6) is 0.326. The van der Waals surface area contributed by atoms with Gasteiger partial charge in [0, 0.05) is 31.9 Å². The molecule has 148 valence electrons. The van der Waals surface area contributed by atoms with E-state index in [1.165, 1.54) is 0 Å². The molecule has 3 rings (SSSR count). The van der Waals surface area contributed by atoms with Crippen molar-refractivity contribution in [1.29, 1.82) is 0 Å². The van der Waals surface area contributed by atoms with Crippen molar-refractivity contribution in [3.8, 4) is 0 Å². The predicted molar refractivity (Wildman–Crippen MR) is 120 cm³/mol. The van der Waals surface area contributed by atoms with Crippen molar-refractivity contribution in [2.24, 2.45) is 4.99 Å². The van der Waals surface area contributed by atoms with E-state index in [-0.39, 0.29) is 48.4 Å². The second-order valence-corrected chi connectivity index (χ2v) is 6.10. The maximum Gasteiger partial charge on any atom is 0.243 e. The lowest BCUT2D eigenvalue weighted by molar-refractivity contribution is -0.117. The molecule has 1 saturated heterocycles. The van der Waals surface area contributed by atoms with Crippen LogP contribution in [0.2, 0.25) is 0 Å². The monoisotopic (exact) mass is 494 g/mol. The zero-order valence-electron chi connectivity index (χ0n) is 15.5. The van der Waals surface area contributed by atoms with Gasteiger partial charge in [0.15, 0.2) is 5.96 Å². The minimum Gasteiger partial charge on any atom is -0.351 e. The molecule has 1 aliphatic rings. The molecule has 0 bridgehead atoms. The van der Waals surface area contributed by atoms with Crippen molar-refractivity contribution in [1.82, 2.24) is 15.6 Å². The molecule has 2 aromatic rings. The van der Waals surface area contributed by atoms with Crippen LogP contribution in [0, 0.1) is 0 Å². The van der Waals surface area contributed by atoms with Crippen LogP contribution < -0.4 is 20.9 Å². The zero-order valence-corrected chi connectivity index (χ0v) is 17.8. The van der Waals surface area contributed by atoms with Crippen LogP contribution in [-0.4, -0.2) is 48.9 Å². The molecule has 1 aromatic carbocycles. The number of halogens is 1. The first-order valence-electron chi connectivity index (χ1n) is 8.68. The summed E-state index contributed by atoms with van der Waals surface area (Å²) in [7, 11) is 1.63. The Kier molecular flexibility index (Phi) is 8.18. The summed E-state index contributed by atoms with van der Waals surface area (Å²) in [4.78, 5) is 34.1. The molecule has 8 nitrogen and oxygen atoms in total. The molecule has 1 aromatic heterocycles. The van der Waals surface area contributed by atoms with E-state index in [1.54, 1.807) is 36.5 Å². The highest BCUT2D eigenvalue weighted by atomic mass is 127. The molecule has 0 saturated carbocycles. The van der Waals surface area contributed by atoms with Crippen molar-refractivity contribution in [2.45, 2.75) is 12.5 Å². The Bertz CT molecular complexity index is 816. The maximum absolute atomic E-state index is 12.3. The molecular formula is C19H23IN6O2. The van der Waals surface area contributed by atoms with Crippen molar-refractivity contribution in [2.75, 3.05) is 30.4 Å².